The van der Waals surface area contributed by atoms with Crippen LogP contribution in [0.5, 0.6) is 5.75 Å². The minimum Gasteiger partial charge on any atom is -0.511 e. The van der Waals surface area contributed by atoms with Crippen molar-refractivity contribution in [3.05, 3.63) is 74.7 Å². The first-order chi connectivity index (χ1) is 20.0. The van der Waals surface area contributed by atoms with Gasteiger partial charge in [0.25, 0.3) is 5.91 Å². The van der Waals surface area contributed by atoms with Gasteiger partial charge in [0.05, 0.1) is 5.56 Å². The molecule has 1 amide bonds. The molecule has 0 aromatic heterocycles. The number of phenolic OH excluding ortho intramolecular Hbond substituents is 1. The molecular weight excluding hydrogens is 548 g/mol. The normalized spacial score (nSPS) is 23.8. The van der Waals surface area contributed by atoms with E-state index in [1.54, 1.807) is 0 Å². The lowest BCUT2D eigenvalue weighted by atomic mass is 9.59. The number of ketones is 2. The average Bonchev–Trinajstić information content (AvgIpc) is 2.89. The number of fused-ring (bicyclic) bond motifs is 3. The zero-order valence-corrected chi connectivity index (χ0v) is 25.5. The van der Waals surface area contributed by atoms with Crippen molar-refractivity contribution in [2.75, 3.05) is 14.1 Å². The number of nitrogens with two attached hydrogens (primary N) is 1. The van der Waals surface area contributed by atoms with Crippen molar-refractivity contribution in [3.8, 4) is 16.9 Å². The second-order valence-corrected chi connectivity index (χ2v) is 13.4. The van der Waals surface area contributed by atoms with E-state index in [4.69, 9.17) is 5.73 Å². The Morgan fingerprint density at radius 3 is 2.33 bits per heavy atom. The Balaban J connectivity index is 1.78. The molecule has 0 bridgehead atoms. The topological polar surface area (TPSA) is 161 Å². The maximum absolute atomic E-state index is 14.4. The molecule has 0 radical (unpaired) electrons. The highest BCUT2D eigenvalue weighted by Crippen LogP contribution is 2.53. The first-order valence-electron chi connectivity index (χ1n) is 14.7. The molecule has 0 fully saturated rings. The van der Waals surface area contributed by atoms with Gasteiger partial charge in [0.2, 0.25) is 5.78 Å². The second kappa shape index (κ2) is 10.3. The Labute approximate surface area is 251 Å². The number of rotatable bonds is 5. The molecule has 43 heavy (non-hydrogen) atoms. The van der Waals surface area contributed by atoms with Crippen LogP contribution in [0.1, 0.15) is 73.1 Å². The molecule has 2 aromatic rings. The van der Waals surface area contributed by atoms with E-state index in [9.17, 15) is 34.8 Å². The highest BCUT2D eigenvalue weighted by atomic mass is 16.3. The number of benzene rings is 2. The van der Waals surface area contributed by atoms with Crippen LogP contribution in [0.15, 0.2) is 46.9 Å². The van der Waals surface area contributed by atoms with Gasteiger partial charge in [0.1, 0.15) is 22.8 Å². The quantitative estimate of drug-likeness (QED) is 0.325. The number of nitrogens with zero attached hydrogens (tertiary/aromatic N) is 1. The summed E-state index contributed by atoms with van der Waals surface area (Å²) in [5.74, 6) is -6.28. The summed E-state index contributed by atoms with van der Waals surface area (Å²) in [6.07, 6.45) is 0.823. The Kier molecular flexibility index (Phi) is 7.34. The van der Waals surface area contributed by atoms with Crippen LogP contribution in [-0.2, 0) is 34.4 Å². The summed E-state index contributed by atoms with van der Waals surface area (Å²) < 4.78 is 0. The van der Waals surface area contributed by atoms with E-state index >= 15 is 0 Å². The van der Waals surface area contributed by atoms with E-state index < -0.39 is 57.4 Å². The minimum absolute atomic E-state index is 0.0408. The van der Waals surface area contributed by atoms with Crippen LogP contribution in [0, 0.1) is 11.8 Å². The van der Waals surface area contributed by atoms with E-state index in [0.29, 0.717) is 17.7 Å². The van der Waals surface area contributed by atoms with Gasteiger partial charge in [-0.15, -0.1) is 0 Å². The van der Waals surface area contributed by atoms with Gasteiger partial charge in [-0.05, 0) is 84.6 Å². The maximum Gasteiger partial charge on any atom is 0.255 e. The van der Waals surface area contributed by atoms with Crippen molar-refractivity contribution in [1.29, 1.82) is 0 Å². The van der Waals surface area contributed by atoms with E-state index in [2.05, 4.69) is 30.0 Å². The fourth-order valence-electron chi connectivity index (χ4n) is 7.15. The van der Waals surface area contributed by atoms with Gasteiger partial charge < -0.3 is 31.1 Å². The van der Waals surface area contributed by atoms with Gasteiger partial charge >= 0.3 is 0 Å². The van der Waals surface area contributed by atoms with Crippen molar-refractivity contribution < 1.29 is 34.8 Å². The van der Waals surface area contributed by atoms with Crippen LogP contribution in [0.3, 0.4) is 0 Å². The lowest BCUT2D eigenvalue weighted by molar-refractivity contribution is -0.144. The smallest absolute Gasteiger partial charge is 0.255 e. The van der Waals surface area contributed by atoms with Crippen molar-refractivity contribution in [2.45, 2.75) is 70.9 Å². The van der Waals surface area contributed by atoms with Crippen LogP contribution in [0.4, 0.5) is 0 Å². The number of hydrogen-bond acceptors (Lipinski definition) is 8. The molecule has 0 saturated carbocycles. The number of aryl methyl sites for hydroxylation is 1. The summed E-state index contributed by atoms with van der Waals surface area (Å²) in [6.45, 7) is 8.59. The Morgan fingerprint density at radius 1 is 1.07 bits per heavy atom. The van der Waals surface area contributed by atoms with Crippen LogP contribution in [0.2, 0.25) is 0 Å². The second-order valence-electron chi connectivity index (χ2n) is 13.4. The fraction of sp³-hybridized carbons (Fsp3) is 0.441. The molecule has 3 aliphatic carbocycles. The van der Waals surface area contributed by atoms with Gasteiger partial charge in [-0.1, -0.05) is 39.8 Å². The minimum atomic E-state index is -2.59. The Hall–Kier alpha value is -3.95. The standard InChI is InChI=1S/C34H40N2O7/c1-7-17-9-8-16(15-36(5)6)10-20(17)21-14-23(33(2,3)4)28(38)26-22(21)12-18-11-19-13-24(37)27(32(35)42)31(41)34(19,43)30(40)25(18)29(26)39/h8-10,14,18-19,37-38,40,43H,7,11-13,15H2,1-6H3,(H2,35,42)/t18-,19+,34+/m1/s1. The van der Waals surface area contributed by atoms with Crippen LogP contribution in [-0.4, -0.2) is 62.5 Å². The molecule has 0 heterocycles. The number of hydrogen-bond donors (Lipinski definition) is 5. The number of allylic oxidation sites excluding steroid dienone is 2. The van der Waals surface area contributed by atoms with Gasteiger partial charge in [-0.25, -0.2) is 0 Å². The summed E-state index contributed by atoms with van der Waals surface area (Å²) in [7, 11) is 3.98. The molecule has 9 nitrogen and oxygen atoms in total. The predicted molar refractivity (Wildman–Crippen MR) is 162 cm³/mol. The summed E-state index contributed by atoms with van der Waals surface area (Å²) >= 11 is 0. The van der Waals surface area contributed by atoms with Gasteiger partial charge in [0.15, 0.2) is 11.4 Å². The van der Waals surface area contributed by atoms with Gasteiger partial charge in [-0.2, -0.15) is 0 Å². The van der Waals surface area contributed by atoms with Crippen molar-refractivity contribution in [1.82, 2.24) is 4.90 Å². The number of Topliss-reactive ketones (excluding diaryl/α,β-unsaturated/α-hetero) is 2. The third kappa shape index (κ3) is 4.66. The fourth-order valence-corrected chi connectivity index (χ4v) is 7.15. The summed E-state index contributed by atoms with van der Waals surface area (Å²) in [6, 6.07) is 8.26. The van der Waals surface area contributed by atoms with Crippen molar-refractivity contribution in [2.24, 2.45) is 17.6 Å². The number of aliphatic hydroxyl groups excluding tert-OH is 2. The molecule has 5 rings (SSSR count). The van der Waals surface area contributed by atoms with Gasteiger partial charge in [0, 0.05) is 30.0 Å². The molecule has 0 aliphatic heterocycles. The highest BCUT2D eigenvalue weighted by molar-refractivity contribution is 6.24. The maximum atomic E-state index is 14.4. The molecule has 2 aromatic carbocycles. The highest BCUT2D eigenvalue weighted by Gasteiger charge is 2.59. The molecule has 0 spiro atoms. The average molecular weight is 589 g/mol. The van der Waals surface area contributed by atoms with Crippen molar-refractivity contribution in [3.63, 3.8) is 0 Å². The number of aliphatic hydroxyl groups is 3. The molecule has 228 valence electrons. The molecule has 0 unspecified atom stereocenters. The zero-order chi connectivity index (χ0) is 31.8. The Bertz CT molecular complexity index is 1640. The van der Waals surface area contributed by atoms with E-state index in [1.807, 2.05) is 40.9 Å². The van der Waals surface area contributed by atoms with Gasteiger partial charge in [-0.3, -0.25) is 14.4 Å². The largest absolute Gasteiger partial charge is 0.511 e. The van der Waals surface area contributed by atoms with Crippen molar-refractivity contribution >= 4 is 17.5 Å². The molecule has 6 N–H and O–H groups in total. The van der Waals surface area contributed by atoms with E-state index in [0.717, 1.165) is 28.7 Å². The first kappa shape index (κ1) is 30.5. The summed E-state index contributed by atoms with van der Waals surface area (Å²) in [5.41, 5.74) is 6.42. The number of aromatic hydroxyl groups is 1. The van der Waals surface area contributed by atoms with E-state index in [1.165, 1.54) is 0 Å². The first-order valence-corrected chi connectivity index (χ1v) is 14.7. The number of primary amides is 1. The molecule has 3 aliphatic rings. The van der Waals surface area contributed by atoms with Crippen LogP contribution < -0.4 is 5.73 Å². The third-order valence-electron chi connectivity index (χ3n) is 9.21. The SMILES string of the molecule is CCc1ccc(CN(C)C)cc1-c1cc(C(C)(C)C)c(O)c2c1C[C@H]1C[C@H]3CC(O)=C(C(N)=O)C(=O)[C@@]3(O)C(O)=C1C2=O. The zero-order valence-electron chi connectivity index (χ0n) is 25.5. The number of phenols is 1. The lowest BCUT2D eigenvalue weighted by Gasteiger charge is -2.46. The lowest BCUT2D eigenvalue weighted by Crippen LogP contribution is -2.57. The van der Waals surface area contributed by atoms with E-state index in [-0.39, 0.29) is 36.1 Å². The molecule has 0 saturated heterocycles. The molecular formula is C34H40N2O7. The predicted octanol–water partition coefficient (Wildman–Crippen LogP) is 4.17. The number of carbonyl (C=O) groups is 3. The summed E-state index contributed by atoms with van der Waals surface area (Å²) in [4.78, 5) is 41.7. The van der Waals surface area contributed by atoms with Crippen LogP contribution in [0.25, 0.3) is 11.1 Å². The molecule has 9 heteroatoms. The molecule has 3 atom stereocenters. The number of carbonyl (C=O) groups excluding carboxylic acids is 3. The third-order valence-corrected chi connectivity index (χ3v) is 9.21. The van der Waals surface area contributed by atoms with Crippen LogP contribution >= 0.6 is 0 Å². The number of amides is 1. The Morgan fingerprint density at radius 2 is 1.74 bits per heavy atom. The summed E-state index contributed by atoms with van der Waals surface area (Å²) in [5, 5.41) is 45.2. The monoisotopic (exact) mass is 588 g/mol.